The van der Waals surface area contributed by atoms with E-state index in [-0.39, 0.29) is 0 Å². The van der Waals surface area contributed by atoms with Gasteiger partial charge in [-0.05, 0) is 5.56 Å². The van der Waals surface area contributed by atoms with Gasteiger partial charge in [0.05, 0.1) is 12.2 Å². The lowest BCUT2D eigenvalue weighted by atomic mass is 10.2. The molecule has 0 fully saturated rings. The van der Waals surface area contributed by atoms with E-state index < -0.39 is 0 Å². The van der Waals surface area contributed by atoms with Crippen molar-refractivity contribution in [1.29, 1.82) is 0 Å². The third-order valence-corrected chi connectivity index (χ3v) is 1.94. The van der Waals surface area contributed by atoms with Gasteiger partial charge in [0.25, 0.3) is 0 Å². The normalized spacial score (nSPS) is 13.3. The van der Waals surface area contributed by atoms with Gasteiger partial charge < -0.3 is 4.74 Å². The zero-order chi connectivity index (χ0) is 9.64. The molecule has 1 heteroatoms. The number of hydrogen-bond acceptors (Lipinski definition) is 1. The largest absolute Gasteiger partial charge is 0.467 e. The van der Waals surface area contributed by atoms with E-state index in [0.29, 0.717) is 6.61 Å². The summed E-state index contributed by atoms with van der Waals surface area (Å²) in [7, 11) is 0. The van der Waals surface area contributed by atoms with Gasteiger partial charge in [0.1, 0.15) is 18.8 Å². The summed E-state index contributed by atoms with van der Waals surface area (Å²) in [5.41, 5.74) is 1.18. The van der Waals surface area contributed by atoms with E-state index in [1.807, 2.05) is 42.5 Å². The Labute approximate surface area is 84.0 Å². The van der Waals surface area contributed by atoms with Crippen molar-refractivity contribution in [2.45, 2.75) is 6.61 Å². The minimum atomic E-state index is 0.616. The van der Waals surface area contributed by atoms with Gasteiger partial charge in [0.2, 0.25) is 5.76 Å². The highest BCUT2D eigenvalue weighted by atomic mass is 16.5. The minimum absolute atomic E-state index is 0.616. The Kier molecular flexibility index (Phi) is 2.75. The van der Waals surface area contributed by atoms with E-state index in [1.165, 1.54) is 5.56 Å². The summed E-state index contributed by atoms with van der Waals surface area (Å²) in [6.45, 7) is 0.616. The second-order valence-electron chi connectivity index (χ2n) is 3.01. The molecule has 0 unspecified atom stereocenters. The van der Waals surface area contributed by atoms with Crippen LogP contribution >= 0.6 is 0 Å². The maximum atomic E-state index is 5.57. The Morgan fingerprint density at radius 3 is 2.71 bits per heavy atom. The number of ether oxygens (including phenoxy) is 1. The fourth-order valence-electron chi connectivity index (χ4n) is 1.21. The smallest absolute Gasteiger partial charge is 0.233 e. The van der Waals surface area contributed by atoms with Crippen molar-refractivity contribution >= 4 is 0 Å². The van der Waals surface area contributed by atoms with E-state index in [9.17, 15) is 0 Å². The molecule has 68 valence electrons. The van der Waals surface area contributed by atoms with Crippen molar-refractivity contribution < 1.29 is 4.74 Å². The first-order chi connectivity index (χ1) is 6.95. The minimum Gasteiger partial charge on any atom is -0.467 e. The van der Waals surface area contributed by atoms with Crippen LogP contribution in [0.4, 0.5) is 0 Å². The van der Waals surface area contributed by atoms with Gasteiger partial charge in [-0.3, -0.25) is 0 Å². The number of benzene rings is 1. The first-order valence-electron chi connectivity index (χ1n) is 4.58. The van der Waals surface area contributed by atoms with E-state index in [1.54, 1.807) is 0 Å². The standard InChI is InChI=1S/C13H11O/c1-3-7-12(8-4-1)11-14-13-9-5-2-6-10-13/h1,3-10H,11H2/q+1. The zero-order valence-corrected chi connectivity index (χ0v) is 7.81. The number of allylic oxidation sites excluding steroid dienone is 5. The van der Waals surface area contributed by atoms with Gasteiger partial charge in [0.15, 0.2) is 0 Å². The quantitative estimate of drug-likeness (QED) is 0.654. The molecular formula is C13H11O+. The molecule has 1 aromatic carbocycles. The number of rotatable bonds is 3. The van der Waals surface area contributed by atoms with Crippen LogP contribution < -0.4 is 0 Å². The SMILES string of the molecule is [C+]1=CC=C(OCc2ccccc2)C=C1. The van der Waals surface area contributed by atoms with E-state index in [2.05, 4.69) is 18.2 Å². The summed E-state index contributed by atoms with van der Waals surface area (Å²) in [5, 5.41) is 0. The molecule has 0 saturated heterocycles. The van der Waals surface area contributed by atoms with Crippen LogP contribution in [0, 0.1) is 6.08 Å². The van der Waals surface area contributed by atoms with Crippen LogP contribution in [-0.2, 0) is 11.3 Å². The highest BCUT2D eigenvalue weighted by Gasteiger charge is 2.02. The van der Waals surface area contributed by atoms with Crippen molar-refractivity contribution in [3.63, 3.8) is 0 Å². The molecule has 1 nitrogen and oxygen atoms in total. The van der Waals surface area contributed by atoms with Crippen molar-refractivity contribution in [3.8, 4) is 0 Å². The highest BCUT2D eigenvalue weighted by molar-refractivity contribution is 5.25. The van der Waals surface area contributed by atoms with Crippen LogP contribution in [0.2, 0.25) is 0 Å². The molecule has 0 radical (unpaired) electrons. The van der Waals surface area contributed by atoms with Crippen LogP contribution in [0.15, 0.2) is 60.4 Å². The molecule has 0 saturated carbocycles. The first kappa shape index (κ1) is 8.74. The first-order valence-corrected chi connectivity index (χ1v) is 4.58. The third kappa shape index (κ3) is 2.32. The van der Waals surface area contributed by atoms with Crippen LogP contribution in [0.1, 0.15) is 5.56 Å². The van der Waals surface area contributed by atoms with Gasteiger partial charge in [0, 0.05) is 6.08 Å². The van der Waals surface area contributed by atoms with Crippen molar-refractivity contribution in [2.24, 2.45) is 0 Å². The van der Waals surface area contributed by atoms with Crippen LogP contribution in [0.3, 0.4) is 0 Å². The molecule has 0 heterocycles. The predicted octanol–water partition coefficient (Wildman–Crippen LogP) is 3.02. The molecule has 2 rings (SSSR count). The second-order valence-corrected chi connectivity index (χ2v) is 3.01. The lowest BCUT2D eigenvalue weighted by Gasteiger charge is -2.02. The van der Waals surface area contributed by atoms with E-state index in [0.717, 1.165) is 5.76 Å². The molecule has 0 bridgehead atoms. The molecule has 14 heavy (non-hydrogen) atoms. The molecular weight excluding hydrogens is 172 g/mol. The fraction of sp³-hybridized carbons (Fsp3) is 0.0769. The molecule has 0 atom stereocenters. The Morgan fingerprint density at radius 1 is 1.14 bits per heavy atom. The molecule has 0 N–H and O–H groups in total. The van der Waals surface area contributed by atoms with Crippen LogP contribution in [-0.4, -0.2) is 0 Å². The molecule has 0 amide bonds. The third-order valence-electron chi connectivity index (χ3n) is 1.94. The molecule has 0 spiro atoms. The van der Waals surface area contributed by atoms with Gasteiger partial charge in [-0.1, -0.05) is 30.3 Å². The van der Waals surface area contributed by atoms with Crippen LogP contribution in [0.25, 0.3) is 0 Å². The second kappa shape index (κ2) is 4.40. The average molecular weight is 183 g/mol. The maximum Gasteiger partial charge on any atom is 0.233 e. The van der Waals surface area contributed by atoms with Crippen molar-refractivity contribution in [3.05, 3.63) is 72.0 Å². The Morgan fingerprint density at radius 2 is 2.00 bits per heavy atom. The number of hydrogen-bond donors (Lipinski definition) is 0. The monoisotopic (exact) mass is 183 g/mol. The zero-order valence-electron chi connectivity index (χ0n) is 7.81. The van der Waals surface area contributed by atoms with Gasteiger partial charge >= 0.3 is 0 Å². The van der Waals surface area contributed by atoms with Crippen LogP contribution in [0.5, 0.6) is 0 Å². The summed E-state index contributed by atoms with van der Waals surface area (Å²) in [6, 6.07) is 10.1. The topological polar surface area (TPSA) is 9.23 Å². The Hall–Kier alpha value is -1.85. The summed E-state index contributed by atoms with van der Waals surface area (Å²) in [4.78, 5) is 0. The summed E-state index contributed by atoms with van der Waals surface area (Å²) >= 11 is 0. The average Bonchev–Trinajstić information content (AvgIpc) is 2.29. The Bertz CT molecular complexity index is 371. The molecule has 0 aromatic heterocycles. The molecule has 0 aliphatic heterocycles. The maximum absolute atomic E-state index is 5.57. The lowest BCUT2D eigenvalue weighted by molar-refractivity contribution is 0.211. The van der Waals surface area contributed by atoms with Gasteiger partial charge in [-0.25, -0.2) is 0 Å². The van der Waals surface area contributed by atoms with Gasteiger partial charge in [-0.2, -0.15) is 0 Å². The van der Waals surface area contributed by atoms with E-state index >= 15 is 0 Å². The van der Waals surface area contributed by atoms with Crippen molar-refractivity contribution in [2.75, 3.05) is 0 Å². The summed E-state index contributed by atoms with van der Waals surface area (Å²) in [6.07, 6.45) is 10.5. The van der Waals surface area contributed by atoms with Crippen molar-refractivity contribution in [1.82, 2.24) is 0 Å². The lowest BCUT2D eigenvalue weighted by Crippen LogP contribution is -1.92. The fourth-order valence-corrected chi connectivity index (χ4v) is 1.21. The summed E-state index contributed by atoms with van der Waals surface area (Å²) < 4.78 is 5.57. The van der Waals surface area contributed by atoms with E-state index in [4.69, 9.17) is 4.74 Å². The summed E-state index contributed by atoms with van der Waals surface area (Å²) in [5.74, 6) is 0.882. The Balaban J connectivity index is 1.92. The molecule has 1 aromatic rings. The predicted molar refractivity (Wildman–Crippen MR) is 56.3 cm³/mol. The van der Waals surface area contributed by atoms with Gasteiger partial charge in [-0.15, -0.1) is 0 Å². The molecule has 1 aliphatic rings. The highest BCUT2D eigenvalue weighted by Crippen LogP contribution is 2.09. The molecule has 1 aliphatic carbocycles.